The molecule has 1 fully saturated rings. The van der Waals surface area contributed by atoms with Crippen molar-refractivity contribution in [1.29, 1.82) is 0 Å². The molecular weight excluding hydrogens is 386 g/mol. The maximum Gasteiger partial charge on any atom is 0.325 e. The number of hydrogen-bond acceptors (Lipinski definition) is 6. The number of hydrogen-bond donors (Lipinski definition) is 1. The Kier molecular flexibility index (Phi) is 5.35. The quantitative estimate of drug-likeness (QED) is 0.746. The molecular formula is C18H21N3O2S3. The summed E-state index contributed by atoms with van der Waals surface area (Å²) in [5.41, 5.74) is 1.31. The van der Waals surface area contributed by atoms with Crippen LogP contribution in [-0.4, -0.2) is 53.0 Å². The molecule has 2 aromatic heterocycles. The molecule has 0 saturated carbocycles. The monoisotopic (exact) mass is 407 g/mol. The average molecular weight is 408 g/mol. The van der Waals surface area contributed by atoms with E-state index < -0.39 is 0 Å². The van der Waals surface area contributed by atoms with Crippen LogP contribution in [0.15, 0.2) is 29.0 Å². The molecule has 0 aromatic carbocycles. The molecule has 1 N–H and O–H groups in total. The summed E-state index contributed by atoms with van der Waals surface area (Å²) in [6, 6.07) is 5.87. The average Bonchev–Trinajstić information content (AvgIpc) is 3.37. The Morgan fingerprint density at radius 1 is 1.27 bits per heavy atom. The van der Waals surface area contributed by atoms with Crippen molar-refractivity contribution in [3.05, 3.63) is 44.3 Å². The number of nitrogens with one attached hydrogen (secondary N) is 1. The van der Waals surface area contributed by atoms with Crippen molar-refractivity contribution in [3.8, 4) is 0 Å². The summed E-state index contributed by atoms with van der Waals surface area (Å²) in [6.45, 7) is 1.20. The number of thiophene rings is 2. The largest absolute Gasteiger partial charge is 0.326 e. The van der Waals surface area contributed by atoms with Crippen LogP contribution in [0.3, 0.4) is 0 Å². The van der Waals surface area contributed by atoms with E-state index in [2.05, 4.69) is 39.2 Å². The van der Waals surface area contributed by atoms with Gasteiger partial charge in [0, 0.05) is 16.3 Å². The maximum absolute atomic E-state index is 12.7. The van der Waals surface area contributed by atoms with Crippen molar-refractivity contribution in [2.75, 3.05) is 25.2 Å². The van der Waals surface area contributed by atoms with E-state index in [4.69, 9.17) is 0 Å². The first kappa shape index (κ1) is 18.0. The van der Waals surface area contributed by atoms with Crippen LogP contribution in [0.5, 0.6) is 0 Å². The molecule has 5 nitrogen and oxygen atoms in total. The first-order valence-electron chi connectivity index (χ1n) is 8.63. The number of fused-ring (bicyclic) bond motifs is 1. The zero-order chi connectivity index (χ0) is 18.1. The standard InChI is InChI=1S/C18H21N3O2S3/c1-24-9-6-13-17(22)21(18(23)19-13)11-20-7-4-14-12(5-10-26-14)16(20)15-3-2-8-25-15/h2-3,5,8,10,13,16H,4,6-7,9,11H2,1H3,(H,19,23). The number of thioether (sulfide) groups is 1. The van der Waals surface area contributed by atoms with E-state index in [1.54, 1.807) is 34.4 Å². The van der Waals surface area contributed by atoms with E-state index in [1.807, 2.05) is 6.26 Å². The van der Waals surface area contributed by atoms with Crippen LogP contribution in [0.2, 0.25) is 0 Å². The molecule has 0 radical (unpaired) electrons. The molecule has 0 spiro atoms. The third-order valence-corrected chi connectivity index (χ3v) is 7.48. The van der Waals surface area contributed by atoms with E-state index in [9.17, 15) is 9.59 Å². The fourth-order valence-corrected chi connectivity index (χ4v) is 5.88. The molecule has 0 aliphatic carbocycles. The molecule has 0 bridgehead atoms. The minimum Gasteiger partial charge on any atom is -0.326 e. The molecule has 2 aliphatic rings. The van der Waals surface area contributed by atoms with Gasteiger partial charge in [-0.25, -0.2) is 9.69 Å². The highest BCUT2D eigenvalue weighted by Gasteiger charge is 2.40. The van der Waals surface area contributed by atoms with Gasteiger partial charge in [-0.15, -0.1) is 22.7 Å². The highest BCUT2D eigenvalue weighted by atomic mass is 32.2. The zero-order valence-electron chi connectivity index (χ0n) is 14.5. The number of carbonyl (C=O) groups is 2. The van der Waals surface area contributed by atoms with Crippen molar-refractivity contribution in [2.24, 2.45) is 0 Å². The molecule has 4 rings (SSSR count). The van der Waals surface area contributed by atoms with Crippen molar-refractivity contribution in [2.45, 2.75) is 24.9 Å². The van der Waals surface area contributed by atoms with Gasteiger partial charge in [0.25, 0.3) is 5.91 Å². The summed E-state index contributed by atoms with van der Waals surface area (Å²) in [7, 11) is 0. The number of amides is 3. The van der Waals surface area contributed by atoms with E-state index in [-0.39, 0.29) is 24.0 Å². The fraction of sp³-hybridized carbons (Fsp3) is 0.444. The second-order valence-corrected chi connectivity index (χ2v) is 9.44. The van der Waals surface area contributed by atoms with Crippen LogP contribution in [-0.2, 0) is 11.2 Å². The number of imide groups is 1. The van der Waals surface area contributed by atoms with Gasteiger partial charge in [0.15, 0.2) is 0 Å². The summed E-state index contributed by atoms with van der Waals surface area (Å²) in [5.74, 6) is 0.773. The summed E-state index contributed by atoms with van der Waals surface area (Å²) in [4.78, 5) is 31.4. The van der Waals surface area contributed by atoms with E-state index in [0.717, 1.165) is 18.7 Å². The van der Waals surface area contributed by atoms with Gasteiger partial charge in [-0.3, -0.25) is 9.69 Å². The Labute approximate surface area is 165 Å². The van der Waals surface area contributed by atoms with Crippen LogP contribution < -0.4 is 5.32 Å². The highest BCUT2D eigenvalue weighted by Crippen LogP contribution is 2.39. The lowest BCUT2D eigenvalue weighted by Gasteiger charge is -2.37. The lowest BCUT2D eigenvalue weighted by atomic mass is 9.99. The van der Waals surface area contributed by atoms with Crippen LogP contribution in [0.1, 0.15) is 27.8 Å². The van der Waals surface area contributed by atoms with Gasteiger partial charge >= 0.3 is 6.03 Å². The van der Waals surface area contributed by atoms with Gasteiger partial charge < -0.3 is 5.32 Å². The van der Waals surface area contributed by atoms with Crippen LogP contribution >= 0.6 is 34.4 Å². The Morgan fingerprint density at radius 3 is 2.92 bits per heavy atom. The Hall–Kier alpha value is -1.35. The zero-order valence-corrected chi connectivity index (χ0v) is 17.0. The lowest BCUT2D eigenvalue weighted by molar-refractivity contribution is -0.129. The normalized spacial score (nSPS) is 23.3. The predicted molar refractivity (Wildman–Crippen MR) is 108 cm³/mol. The summed E-state index contributed by atoms with van der Waals surface area (Å²) >= 11 is 5.22. The third kappa shape index (κ3) is 3.31. The minimum atomic E-state index is -0.378. The second kappa shape index (κ2) is 7.72. The second-order valence-electron chi connectivity index (χ2n) is 6.47. The smallest absolute Gasteiger partial charge is 0.325 e. The number of urea groups is 1. The fourth-order valence-electron chi connectivity index (χ4n) is 3.62. The molecule has 3 amide bonds. The first-order chi connectivity index (χ1) is 12.7. The van der Waals surface area contributed by atoms with E-state index in [1.165, 1.54) is 20.2 Å². The molecule has 138 valence electrons. The van der Waals surface area contributed by atoms with Gasteiger partial charge in [-0.05, 0) is 53.3 Å². The van der Waals surface area contributed by atoms with E-state index >= 15 is 0 Å². The van der Waals surface area contributed by atoms with Gasteiger partial charge in [0.1, 0.15) is 6.04 Å². The topological polar surface area (TPSA) is 52.7 Å². The minimum absolute atomic E-state index is 0.0925. The Balaban J connectivity index is 1.55. The Morgan fingerprint density at radius 2 is 2.15 bits per heavy atom. The predicted octanol–water partition coefficient (Wildman–Crippen LogP) is 3.39. The van der Waals surface area contributed by atoms with Gasteiger partial charge in [0.2, 0.25) is 0 Å². The summed E-state index contributed by atoms with van der Waals surface area (Å²) in [6.07, 6.45) is 3.66. The molecule has 2 unspecified atom stereocenters. The SMILES string of the molecule is CSCCC1NC(=O)N(CN2CCc3sccc3C2c2cccs2)C1=O. The van der Waals surface area contributed by atoms with Gasteiger partial charge in [0.05, 0.1) is 12.7 Å². The van der Waals surface area contributed by atoms with Gasteiger partial charge in [-0.2, -0.15) is 11.8 Å². The number of carbonyl (C=O) groups excluding carboxylic acids is 2. The van der Waals surface area contributed by atoms with Crippen molar-refractivity contribution in [3.63, 3.8) is 0 Å². The van der Waals surface area contributed by atoms with Crippen LogP contribution in [0, 0.1) is 0 Å². The van der Waals surface area contributed by atoms with Crippen molar-refractivity contribution >= 4 is 46.4 Å². The number of rotatable bonds is 6. The molecule has 1 saturated heterocycles. The molecule has 2 aliphatic heterocycles. The first-order valence-corrected chi connectivity index (χ1v) is 11.8. The summed E-state index contributed by atoms with van der Waals surface area (Å²) in [5, 5.41) is 7.07. The Bertz CT molecular complexity index is 789. The third-order valence-electron chi connectivity index (χ3n) is 4.92. The molecule has 2 aromatic rings. The van der Waals surface area contributed by atoms with Crippen LogP contribution in [0.25, 0.3) is 0 Å². The highest BCUT2D eigenvalue weighted by molar-refractivity contribution is 7.98. The van der Waals surface area contributed by atoms with Gasteiger partial charge in [-0.1, -0.05) is 6.07 Å². The molecule has 26 heavy (non-hydrogen) atoms. The van der Waals surface area contributed by atoms with E-state index in [0.29, 0.717) is 13.1 Å². The molecule has 4 heterocycles. The molecule has 8 heteroatoms. The van der Waals surface area contributed by atoms with Crippen LogP contribution in [0.4, 0.5) is 4.79 Å². The lowest BCUT2D eigenvalue weighted by Crippen LogP contribution is -2.46. The molecule has 2 atom stereocenters. The number of nitrogens with zero attached hydrogens (tertiary/aromatic N) is 2. The van der Waals surface area contributed by atoms with Crippen molar-refractivity contribution in [1.82, 2.24) is 15.1 Å². The summed E-state index contributed by atoms with van der Waals surface area (Å²) < 4.78 is 0. The maximum atomic E-state index is 12.7. The van der Waals surface area contributed by atoms with Crippen molar-refractivity contribution < 1.29 is 9.59 Å².